The van der Waals surface area contributed by atoms with Gasteiger partial charge in [0.2, 0.25) is 5.91 Å². The molecule has 1 atom stereocenters. The molecule has 2 saturated heterocycles. The molecule has 1 N–H and O–H groups in total. The van der Waals surface area contributed by atoms with Gasteiger partial charge < -0.3 is 19.9 Å². The van der Waals surface area contributed by atoms with Crippen LogP contribution >= 0.6 is 0 Å². The maximum Gasteiger partial charge on any atom is 0.226 e. The molecule has 27 heavy (non-hydrogen) atoms. The van der Waals surface area contributed by atoms with Crippen molar-refractivity contribution in [2.75, 3.05) is 49.2 Å². The third-order valence-corrected chi connectivity index (χ3v) is 6.36. The average Bonchev–Trinajstić information content (AvgIpc) is 3.18. The molecule has 7 heteroatoms. The minimum atomic E-state index is -0.179. The number of carbonyl (C=O) groups excluding carboxylic acids is 1. The number of nitrogens with one attached hydrogen (secondary N) is 1. The van der Waals surface area contributed by atoms with Gasteiger partial charge in [-0.1, -0.05) is 26.2 Å². The van der Waals surface area contributed by atoms with Crippen LogP contribution in [0.2, 0.25) is 0 Å². The second-order valence-electron chi connectivity index (χ2n) is 8.40. The Hall–Kier alpha value is -1.89. The predicted octanol–water partition coefficient (Wildman–Crippen LogP) is 1.98. The van der Waals surface area contributed by atoms with Gasteiger partial charge in [-0.2, -0.15) is 5.10 Å². The Labute approximate surface area is 161 Å². The van der Waals surface area contributed by atoms with Gasteiger partial charge in [0, 0.05) is 43.7 Å². The van der Waals surface area contributed by atoms with Crippen molar-refractivity contribution in [1.82, 2.24) is 15.5 Å². The molecule has 0 unspecified atom stereocenters. The Bertz CT molecular complexity index is 656. The first kappa shape index (κ1) is 18.5. The van der Waals surface area contributed by atoms with Gasteiger partial charge >= 0.3 is 0 Å². The van der Waals surface area contributed by atoms with E-state index in [0.717, 1.165) is 70.2 Å². The van der Waals surface area contributed by atoms with E-state index >= 15 is 0 Å². The van der Waals surface area contributed by atoms with Crippen molar-refractivity contribution in [2.45, 2.75) is 51.5 Å². The molecule has 0 bridgehead atoms. The van der Waals surface area contributed by atoms with Crippen LogP contribution in [0.3, 0.4) is 0 Å². The summed E-state index contributed by atoms with van der Waals surface area (Å²) in [7, 11) is 0. The number of carbonyl (C=O) groups is 1. The summed E-state index contributed by atoms with van der Waals surface area (Å²) >= 11 is 0. The quantitative estimate of drug-likeness (QED) is 0.870. The van der Waals surface area contributed by atoms with Crippen molar-refractivity contribution in [1.29, 1.82) is 0 Å². The Kier molecular flexibility index (Phi) is 5.48. The van der Waals surface area contributed by atoms with Crippen LogP contribution in [-0.4, -0.2) is 61.5 Å². The van der Waals surface area contributed by atoms with Gasteiger partial charge in [0.1, 0.15) is 0 Å². The van der Waals surface area contributed by atoms with Crippen molar-refractivity contribution in [3.8, 4) is 0 Å². The van der Waals surface area contributed by atoms with Gasteiger partial charge in [-0.3, -0.25) is 4.79 Å². The lowest BCUT2D eigenvalue weighted by Gasteiger charge is -2.33. The van der Waals surface area contributed by atoms with E-state index in [1.54, 1.807) is 0 Å². The standard InChI is InChI=1S/C20H31N5O2/c1-20(6-3-2-4-7-20)19(26)22-16-5-8-25(15-16)18-13-17(14-21-23-18)24-9-11-27-12-10-24/h13-14,16H,2-12,15H2,1H3,(H,22,26)/t16-/m0/s1. The fourth-order valence-corrected chi connectivity index (χ4v) is 4.50. The topological polar surface area (TPSA) is 70.6 Å². The largest absolute Gasteiger partial charge is 0.378 e. The Morgan fingerprint density at radius 3 is 2.74 bits per heavy atom. The smallest absolute Gasteiger partial charge is 0.226 e. The molecule has 1 saturated carbocycles. The second kappa shape index (κ2) is 8.00. The van der Waals surface area contributed by atoms with E-state index in [4.69, 9.17) is 4.74 Å². The zero-order valence-corrected chi connectivity index (χ0v) is 16.3. The first-order chi connectivity index (χ1) is 13.1. The molecule has 1 aliphatic carbocycles. The molecule has 1 aromatic rings. The maximum absolute atomic E-state index is 12.8. The van der Waals surface area contributed by atoms with Gasteiger partial charge in [0.05, 0.1) is 25.1 Å². The van der Waals surface area contributed by atoms with Gasteiger partial charge in [0.15, 0.2) is 5.82 Å². The minimum Gasteiger partial charge on any atom is -0.378 e. The summed E-state index contributed by atoms with van der Waals surface area (Å²) in [5, 5.41) is 11.9. The zero-order valence-electron chi connectivity index (χ0n) is 16.3. The lowest BCUT2D eigenvalue weighted by atomic mass is 9.75. The molecule has 0 aromatic carbocycles. The van der Waals surface area contributed by atoms with Crippen molar-refractivity contribution in [3.63, 3.8) is 0 Å². The number of hydrogen-bond donors (Lipinski definition) is 1. The highest BCUT2D eigenvalue weighted by atomic mass is 16.5. The van der Waals surface area contributed by atoms with Gasteiger partial charge in [-0.15, -0.1) is 5.10 Å². The van der Waals surface area contributed by atoms with Gasteiger partial charge in [0.25, 0.3) is 0 Å². The maximum atomic E-state index is 12.8. The van der Waals surface area contributed by atoms with Gasteiger partial charge in [-0.25, -0.2) is 0 Å². The van der Waals surface area contributed by atoms with E-state index in [2.05, 4.69) is 38.3 Å². The summed E-state index contributed by atoms with van der Waals surface area (Å²) in [6.45, 7) is 7.14. The summed E-state index contributed by atoms with van der Waals surface area (Å²) in [5.41, 5.74) is 0.923. The Balaban J connectivity index is 1.36. The predicted molar refractivity (Wildman–Crippen MR) is 105 cm³/mol. The van der Waals surface area contributed by atoms with Crippen molar-refractivity contribution >= 4 is 17.4 Å². The van der Waals surface area contributed by atoms with E-state index in [-0.39, 0.29) is 17.4 Å². The summed E-state index contributed by atoms with van der Waals surface area (Å²) in [5.74, 6) is 1.14. The lowest BCUT2D eigenvalue weighted by molar-refractivity contribution is -0.132. The first-order valence-corrected chi connectivity index (χ1v) is 10.4. The number of hydrogen-bond acceptors (Lipinski definition) is 6. The first-order valence-electron chi connectivity index (χ1n) is 10.4. The Morgan fingerprint density at radius 2 is 1.96 bits per heavy atom. The molecule has 0 spiro atoms. The highest BCUT2D eigenvalue weighted by molar-refractivity contribution is 5.82. The Morgan fingerprint density at radius 1 is 1.19 bits per heavy atom. The third-order valence-electron chi connectivity index (χ3n) is 6.36. The fourth-order valence-electron chi connectivity index (χ4n) is 4.50. The normalized spacial score (nSPS) is 25.4. The number of anilines is 2. The molecule has 148 valence electrons. The lowest BCUT2D eigenvalue weighted by Crippen LogP contribution is -2.46. The molecular formula is C20H31N5O2. The summed E-state index contributed by atoms with van der Waals surface area (Å²) in [6.07, 6.45) is 8.43. The summed E-state index contributed by atoms with van der Waals surface area (Å²) < 4.78 is 5.43. The number of ether oxygens (including phenoxy) is 1. The minimum absolute atomic E-state index is 0.179. The fraction of sp³-hybridized carbons (Fsp3) is 0.750. The molecule has 3 aliphatic rings. The van der Waals surface area contributed by atoms with Crippen LogP contribution in [0.4, 0.5) is 11.5 Å². The van der Waals surface area contributed by atoms with E-state index in [1.807, 2.05) is 6.20 Å². The van der Waals surface area contributed by atoms with Crippen LogP contribution in [0, 0.1) is 5.41 Å². The molecule has 1 amide bonds. The van der Waals surface area contributed by atoms with Crippen LogP contribution in [0.15, 0.2) is 12.3 Å². The van der Waals surface area contributed by atoms with Crippen LogP contribution < -0.4 is 15.1 Å². The molecule has 2 aliphatic heterocycles. The van der Waals surface area contributed by atoms with Crippen molar-refractivity contribution < 1.29 is 9.53 Å². The molecular weight excluding hydrogens is 342 g/mol. The van der Waals surface area contributed by atoms with E-state index in [1.165, 1.54) is 19.3 Å². The van der Waals surface area contributed by atoms with Crippen molar-refractivity contribution in [3.05, 3.63) is 12.3 Å². The number of rotatable bonds is 4. The number of amides is 1. The highest BCUT2D eigenvalue weighted by Gasteiger charge is 2.36. The van der Waals surface area contributed by atoms with Crippen LogP contribution in [0.5, 0.6) is 0 Å². The van der Waals surface area contributed by atoms with E-state index in [9.17, 15) is 4.79 Å². The van der Waals surface area contributed by atoms with E-state index in [0.29, 0.717) is 0 Å². The molecule has 1 aromatic heterocycles. The van der Waals surface area contributed by atoms with Gasteiger partial charge in [-0.05, 0) is 19.3 Å². The second-order valence-corrected chi connectivity index (χ2v) is 8.40. The molecule has 3 fully saturated rings. The van der Waals surface area contributed by atoms with Crippen LogP contribution in [-0.2, 0) is 9.53 Å². The number of nitrogens with zero attached hydrogens (tertiary/aromatic N) is 4. The zero-order chi connectivity index (χ0) is 18.7. The summed E-state index contributed by atoms with van der Waals surface area (Å²) in [4.78, 5) is 17.3. The van der Waals surface area contributed by atoms with Crippen LogP contribution in [0.1, 0.15) is 45.4 Å². The SMILES string of the molecule is CC1(C(=O)N[C@H]2CCN(c3cc(N4CCOCC4)cnn3)C2)CCCCC1. The van der Waals surface area contributed by atoms with Crippen molar-refractivity contribution in [2.24, 2.45) is 5.41 Å². The molecule has 0 radical (unpaired) electrons. The monoisotopic (exact) mass is 373 g/mol. The number of aromatic nitrogens is 2. The number of morpholine rings is 1. The molecule has 4 rings (SSSR count). The highest BCUT2D eigenvalue weighted by Crippen LogP contribution is 2.36. The third kappa shape index (κ3) is 4.18. The van der Waals surface area contributed by atoms with E-state index < -0.39 is 0 Å². The molecule has 3 heterocycles. The summed E-state index contributed by atoms with van der Waals surface area (Å²) in [6, 6.07) is 2.32. The average molecular weight is 374 g/mol. The van der Waals surface area contributed by atoms with Crippen LogP contribution in [0.25, 0.3) is 0 Å². The molecule has 7 nitrogen and oxygen atoms in total.